The first kappa shape index (κ1) is 23.1. The fourth-order valence-corrected chi connectivity index (χ4v) is 4.26. The van der Waals surface area contributed by atoms with Crippen LogP contribution in [0.5, 0.6) is 5.75 Å². The number of nitrogens with zero attached hydrogens (tertiary/aromatic N) is 2. The van der Waals surface area contributed by atoms with Gasteiger partial charge in [-0.3, -0.25) is 19.2 Å². The van der Waals surface area contributed by atoms with Crippen molar-refractivity contribution in [3.63, 3.8) is 0 Å². The summed E-state index contributed by atoms with van der Waals surface area (Å²) in [5, 5.41) is 13.9. The van der Waals surface area contributed by atoms with Gasteiger partial charge in [0.2, 0.25) is 15.9 Å². The number of amides is 1. The number of anilines is 2. The predicted molar refractivity (Wildman–Crippen MR) is 115 cm³/mol. The lowest BCUT2D eigenvalue weighted by Gasteiger charge is -2.30. The smallest absolute Gasteiger partial charge is 0.271 e. The van der Waals surface area contributed by atoms with Crippen LogP contribution in [0.2, 0.25) is 0 Å². The number of carbonyl (C=O) groups is 1. The Hall–Kier alpha value is -3.14. The second-order valence-corrected chi connectivity index (χ2v) is 8.50. The van der Waals surface area contributed by atoms with Crippen molar-refractivity contribution in [1.82, 2.24) is 0 Å². The summed E-state index contributed by atoms with van der Waals surface area (Å²) in [5.74, 6) is -0.453. The first-order valence-corrected chi connectivity index (χ1v) is 11.2. The molecule has 1 amide bonds. The standard InChI is InChI=1S/C20H25N3O6S/c1-5-14-7-9-15(10-8-14)21-20(24)17(6-2)22(30(4,27)28)18-13-16(23(25)26)11-12-19(18)29-3/h7-13,17H,5-6H2,1-4H3,(H,21,24)/t17-/m0/s1. The van der Waals surface area contributed by atoms with Crippen LogP contribution in [0, 0.1) is 10.1 Å². The van der Waals surface area contributed by atoms with E-state index in [4.69, 9.17) is 4.74 Å². The fourth-order valence-electron chi connectivity index (χ4n) is 3.05. The lowest BCUT2D eigenvalue weighted by atomic mass is 10.1. The fraction of sp³-hybridized carbons (Fsp3) is 0.350. The highest BCUT2D eigenvalue weighted by Gasteiger charge is 2.34. The first-order chi connectivity index (χ1) is 14.1. The van der Waals surface area contributed by atoms with E-state index in [2.05, 4.69) is 5.32 Å². The molecule has 2 rings (SSSR count). The van der Waals surface area contributed by atoms with Crippen molar-refractivity contribution in [3.05, 3.63) is 58.1 Å². The minimum absolute atomic E-state index is 0.0717. The van der Waals surface area contributed by atoms with Crippen LogP contribution in [0.15, 0.2) is 42.5 Å². The van der Waals surface area contributed by atoms with Crippen LogP contribution in [0.25, 0.3) is 0 Å². The van der Waals surface area contributed by atoms with Crippen LogP contribution < -0.4 is 14.4 Å². The Morgan fingerprint density at radius 1 is 1.20 bits per heavy atom. The van der Waals surface area contributed by atoms with E-state index in [0.717, 1.165) is 28.6 Å². The highest BCUT2D eigenvalue weighted by molar-refractivity contribution is 7.92. The minimum atomic E-state index is -3.98. The molecule has 0 saturated heterocycles. The molecule has 0 fully saturated rings. The normalized spacial score (nSPS) is 12.1. The molecule has 10 heteroatoms. The Morgan fingerprint density at radius 2 is 1.83 bits per heavy atom. The number of methoxy groups -OCH3 is 1. The quantitative estimate of drug-likeness (QED) is 0.477. The highest BCUT2D eigenvalue weighted by Crippen LogP contribution is 2.35. The molecule has 162 valence electrons. The predicted octanol–water partition coefficient (Wildman–Crippen LogP) is 3.35. The van der Waals surface area contributed by atoms with Gasteiger partial charge in [0.1, 0.15) is 17.5 Å². The van der Waals surface area contributed by atoms with Gasteiger partial charge in [-0.05, 0) is 36.6 Å². The Kier molecular flexibility index (Phi) is 7.38. The summed E-state index contributed by atoms with van der Waals surface area (Å²) >= 11 is 0. The topological polar surface area (TPSA) is 119 Å². The zero-order valence-corrected chi connectivity index (χ0v) is 18.1. The number of non-ortho nitro benzene ring substituents is 1. The second-order valence-electron chi connectivity index (χ2n) is 6.64. The van der Waals surface area contributed by atoms with Crippen molar-refractivity contribution in [1.29, 1.82) is 0 Å². The van der Waals surface area contributed by atoms with E-state index in [1.165, 1.54) is 19.2 Å². The molecule has 0 aliphatic heterocycles. The van der Waals surface area contributed by atoms with E-state index < -0.39 is 26.9 Å². The first-order valence-electron chi connectivity index (χ1n) is 9.34. The maximum absolute atomic E-state index is 13.0. The van der Waals surface area contributed by atoms with Crippen molar-refractivity contribution in [2.24, 2.45) is 0 Å². The third-order valence-corrected chi connectivity index (χ3v) is 5.74. The summed E-state index contributed by atoms with van der Waals surface area (Å²) in [5.41, 5.74) is 1.23. The molecule has 0 unspecified atom stereocenters. The number of nitro benzene ring substituents is 1. The molecular weight excluding hydrogens is 410 g/mol. The van der Waals surface area contributed by atoms with Crippen molar-refractivity contribution in [2.75, 3.05) is 23.0 Å². The number of sulfonamides is 1. The average Bonchev–Trinajstić information content (AvgIpc) is 2.70. The molecule has 30 heavy (non-hydrogen) atoms. The van der Waals surface area contributed by atoms with Gasteiger partial charge in [0.25, 0.3) is 5.69 Å². The van der Waals surface area contributed by atoms with E-state index in [1.54, 1.807) is 19.1 Å². The minimum Gasteiger partial charge on any atom is -0.495 e. The van der Waals surface area contributed by atoms with E-state index in [-0.39, 0.29) is 23.5 Å². The lowest BCUT2D eigenvalue weighted by molar-refractivity contribution is -0.384. The lowest BCUT2D eigenvalue weighted by Crippen LogP contribution is -2.47. The van der Waals surface area contributed by atoms with Crippen LogP contribution >= 0.6 is 0 Å². The SMILES string of the molecule is CCc1ccc(NC(=O)[C@H](CC)N(c2cc([N+](=O)[O-])ccc2OC)S(C)(=O)=O)cc1. The molecule has 0 aliphatic carbocycles. The molecule has 2 aromatic carbocycles. The van der Waals surface area contributed by atoms with Crippen LogP contribution in [0.3, 0.4) is 0 Å². The molecule has 9 nitrogen and oxygen atoms in total. The van der Waals surface area contributed by atoms with E-state index in [9.17, 15) is 23.3 Å². The number of carbonyl (C=O) groups excluding carboxylic acids is 1. The van der Waals surface area contributed by atoms with Crippen molar-refractivity contribution < 1.29 is 22.9 Å². The molecule has 0 saturated carbocycles. The van der Waals surface area contributed by atoms with E-state index >= 15 is 0 Å². The Labute approximate surface area is 175 Å². The van der Waals surface area contributed by atoms with Gasteiger partial charge in [0, 0.05) is 17.8 Å². The van der Waals surface area contributed by atoms with Gasteiger partial charge >= 0.3 is 0 Å². The molecule has 0 aromatic heterocycles. The molecule has 0 heterocycles. The summed E-state index contributed by atoms with van der Waals surface area (Å²) in [4.78, 5) is 23.6. The molecule has 0 radical (unpaired) electrons. The number of aryl methyl sites for hydroxylation is 1. The molecule has 1 atom stereocenters. The number of hydrogen-bond donors (Lipinski definition) is 1. The largest absolute Gasteiger partial charge is 0.495 e. The summed E-state index contributed by atoms with van der Waals surface area (Å²) in [6.07, 6.45) is 1.93. The van der Waals surface area contributed by atoms with Crippen LogP contribution in [-0.2, 0) is 21.2 Å². The van der Waals surface area contributed by atoms with Crippen LogP contribution in [0.4, 0.5) is 17.1 Å². The molecular formula is C20H25N3O6S. The third kappa shape index (κ3) is 5.26. The molecule has 0 bridgehead atoms. The number of nitro groups is 1. The summed E-state index contributed by atoms with van der Waals surface area (Å²) in [7, 11) is -2.66. The van der Waals surface area contributed by atoms with Gasteiger partial charge in [0.15, 0.2) is 0 Å². The van der Waals surface area contributed by atoms with Crippen molar-refractivity contribution in [2.45, 2.75) is 32.7 Å². The highest BCUT2D eigenvalue weighted by atomic mass is 32.2. The number of benzene rings is 2. The summed E-state index contributed by atoms with van der Waals surface area (Å²) in [6.45, 7) is 3.67. The molecule has 0 spiro atoms. The molecule has 1 N–H and O–H groups in total. The Balaban J connectivity index is 2.49. The number of hydrogen-bond acceptors (Lipinski definition) is 6. The Bertz CT molecular complexity index is 1020. The van der Waals surface area contributed by atoms with Crippen molar-refractivity contribution >= 4 is 33.0 Å². The van der Waals surface area contributed by atoms with Crippen molar-refractivity contribution in [3.8, 4) is 5.75 Å². The number of nitrogens with one attached hydrogen (secondary N) is 1. The van der Waals surface area contributed by atoms with Gasteiger partial charge in [-0.25, -0.2) is 8.42 Å². The van der Waals surface area contributed by atoms with Gasteiger partial charge < -0.3 is 10.1 Å². The van der Waals surface area contributed by atoms with Crippen LogP contribution in [-0.4, -0.2) is 38.7 Å². The maximum atomic E-state index is 13.0. The third-order valence-electron chi connectivity index (χ3n) is 4.57. The molecule has 0 aliphatic rings. The van der Waals surface area contributed by atoms with Gasteiger partial charge in [-0.15, -0.1) is 0 Å². The van der Waals surface area contributed by atoms with E-state index in [0.29, 0.717) is 5.69 Å². The monoisotopic (exact) mass is 435 g/mol. The van der Waals surface area contributed by atoms with E-state index in [1.807, 2.05) is 19.1 Å². The molecule has 2 aromatic rings. The van der Waals surface area contributed by atoms with Gasteiger partial charge in [-0.2, -0.15) is 0 Å². The van der Waals surface area contributed by atoms with Gasteiger partial charge in [0.05, 0.1) is 18.3 Å². The zero-order chi connectivity index (χ0) is 22.5. The Morgan fingerprint density at radius 3 is 2.30 bits per heavy atom. The average molecular weight is 436 g/mol. The second kappa shape index (κ2) is 9.57. The summed E-state index contributed by atoms with van der Waals surface area (Å²) < 4.78 is 31.4. The summed E-state index contributed by atoms with van der Waals surface area (Å²) in [6, 6.07) is 9.68. The van der Waals surface area contributed by atoms with Gasteiger partial charge in [-0.1, -0.05) is 26.0 Å². The van der Waals surface area contributed by atoms with Crippen LogP contribution in [0.1, 0.15) is 25.8 Å². The zero-order valence-electron chi connectivity index (χ0n) is 17.3. The number of ether oxygens (including phenoxy) is 1. The number of rotatable bonds is 9. The maximum Gasteiger partial charge on any atom is 0.271 e.